The van der Waals surface area contributed by atoms with Crippen LogP contribution in [0.1, 0.15) is 27.2 Å². The molecule has 0 aromatic carbocycles. The number of amides is 2. The molecule has 1 aliphatic heterocycles. The molecule has 2 amide bonds. The Balaban J connectivity index is 2.70. The molecule has 1 aliphatic rings. The number of nitrogens with zero attached hydrogens (tertiary/aromatic N) is 1. The van der Waals surface area contributed by atoms with Crippen molar-refractivity contribution in [1.29, 1.82) is 0 Å². The highest BCUT2D eigenvalue weighted by molar-refractivity contribution is 6.04. The highest BCUT2D eigenvalue weighted by Crippen LogP contribution is 2.25. The number of carbonyl (C=O) groups is 2. The lowest BCUT2D eigenvalue weighted by Crippen LogP contribution is -2.41. The van der Waals surface area contributed by atoms with E-state index in [-0.39, 0.29) is 29.7 Å². The topological polar surface area (TPSA) is 63.4 Å². The van der Waals surface area contributed by atoms with Gasteiger partial charge in [0.2, 0.25) is 11.8 Å². The quantitative estimate of drug-likeness (QED) is 0.666. The van der Waals surface area contributed by atoms with Crippen molar-refractivity contribution in [2.24, 2.45) is 17.6 Å². The normalized spacial score (nSPS) is 29.9. The van der Waals surface area contributed by atoms with Crippen molar-refractivity contribution in [3.05, 3.63) is 0 Å². The molecule has 1 fully saturated rings. The van der Waals surface area contributed by atoms with Crippen LogP contribution in [0.2, 0.25) is 0 Å². The molecular weight excluding hydrogens is 180 g/mol. The number of carbonyl (C=O) groups excluding carboxylic acids is 2. The average Bonchev–Trinajstić information content (AvgIpc) is 2.35. The number of nitrogens with two attached hydrogens (primary N) is 1. The molecule has 3 atom stereocenters. The Hall–Kier alpha value is -0.900. The zero-order chi connectivity index (χ0) is 10.9. The van der Waals surface area contributed by atoms with Gasteiger partial charge in [0.05, 0.1) is 0 Å². The van der Waals surface area contributed by atoms with E-state index in [4.69, 9.17) is 5.73 Å². The number of imide groups is 1. The van der Waals surface area contributed by atoms with E-state index in [1.165, 1.54) is 4.90 Å². The van der Waals surface area contributed by atoms with Crippen LogP contribution in [0.3, 0.4) is 0 Å². The summed E-state index contributed by atoms with van der Waals surface area (Å²) in [6, 6.07) is -0.0969. The summed E-state index contributed by atoms with van der Waals surface area (Å²) >= 11 is 0. The van der Waals surface area contributed by atoms with Crippen LogP contribution < -0.4 is 5.73 Å². The van der Waals surface area contributed by atoms with E-state index in [0.717, 1.165) is 6.42 Å². The molecule has 4 heteroatoms. The fourth-order valence-electron chi connectivity index (χ4n) is 1.57. The third-order valence-corrected chi connectivity index (χ3v) is 3.00. The molecule has 80 valence electrons. The third kappa shape index (κ3) is 1.80. The zero-order valence-corrected chi connectivity index (χ0v) is 8.99. The standard InChI is InChI=1S/C10H18N2O2/c1-4-8(11)5-12-9(13)6(2)7(3)10(12)14/h6-8H,4-5,11H2,1-3H3. The van der Waals surface area contributed by atoms with Gasteiger partial charge in [-0.2, -0.15) is 0 Å². The van der Waals surface area contributed by atoms with E-state index in [0.29, 0.717) is 6.54 Å². The molecule has 3 unspecified atom stereocenters. The number of likely N-dealkylation sites (tertiary alicyclic amines) is 1. The third-order valence-electron chi connectivity index (χ3n) is 3.00. The van der Waals surface area contributed by atoms with Crippen molar-refractivity contribution in [2.45, 2.75) is 33.2 Å². The maximum atomic E-state index is 11.6. The molecule has 1 saturated heterocycles. The SMILES string of the molecule is CCC(N)CN1C(=O)C(C)C(C)C1=O. The first-order valence-corrected chi connectivity index (χ1v) is 5.09. The monoisotopic (exact) mass is 198 g/mol. The summed E-state index contributed by atoms with van der Waals surface area (Å²) in [5.41, 5.74) is 5.72. The van der Waals surface area contributed by atoms with Crippen molar-refractivity contribution in [3.8, 4) is 0 Å². The average molecular weight is 198 g/mol. The lowest BCUT2D eigenvalue weighted by molar-refractivity contribution is -0.140. The van der Waals surface area contributed by atoms with Crippen molar-refractivity contribution >= 4 is 11.8 Å². The maximum Gasteiger partial charge on any atom is 0.232 e. The van der Waals surface area contributed by atoms with Crippen LogP contribution >= 0.6 is 0 Å². The lowest BCUT2D eigenvalue weighted by atomic mass is 10.00. The number of rotatable bonds is 3. The Bertz CT molecular complexity index is 233. The van der Waals surface area contributed by atoms with E-state index in [1.54, 1.807) is 13.8 Å². The highest BCUT2D eigenvalue weighted by atomic mass is 16.2. The second-order valence-electron chi connectivity index (χ2n) is 4.03. The maximum absolute atomic E-state index is 11.6. The van der Waals surface area contributed by atoms with E-state index >= 15 is 0 Å². The Kier molecular flexibility index (Phi) is 3.26. The first-order chi connectivity index (χ1) is 6.49. The minimum absolute atomic E-state index is 0.0774. The van der Waals surface area contributed by atoms with Crippen molar-refractivity contribution < 1.29 is 9.59 Å². The minimum Gasteiger partial charge on any atom is -0.326 e. The predicted molar refractivity (Wildman–Crippen MR) is 53.3 cm³/mol. The first-order valence-electron chi connectivity index (χ1n) is 5.09. The Morgan fingerprint density at radius 3 is 2.07 bits per heavy atom. The van der Waals surface area contributed by atoms with Gasteiger partial charge in [0, 0.05) is 24.4 Å². The molecule has 0 saturated carbocycles. The van der Waals surface area contributed by atoms with E-state index in [1.807, 2.05) is 6.92 Å². The van der Waals surface area contributed by atoms with Gasteiger partial charge in [0.15, 0.2) is 0 Å². The van der Waals surface area contributed by atoms with Gasteiger partial charge in [-0.15, -0.1) is 0 Å². The molecule has 0 aliphatic carbocycles. The lowest BCUT2D eigenvalue weighted by Gasteiger charge is -2.18. The molecular formula is C10H18N2O2. The van der Waals surface area contributed by atoms with Gasteiger partial charge >= 0.3 is 0 Å². The second-order valence-corrected chi connectivity index (χ2v) is 4.03. The van der Waals surface area contributed by atoms with Crippen molar-refractivity contribution in [1.82, 2.24) is 4.90 Å². The van der Waals surface area contributed by atoms with Crippen LogP contribution in [0.5, 0.6) is 0 Å². The van der Waals surface area contributed by atoms with Gasteiger partial charge in [-0.05, 0) is 6.42 Å². The smallest absolute Gasteiger partial charge is 0.232 e. The summed E-state index contributed by atoms with van der Waals surface area (Å²) in [5, 5.41) is 0. The fraction of sp³-hybridized carbons (Fsp3) is 0.800. The first kappa shape index (κ1) is 11.2. The molecule has 14 heavy (non-hydrogen) atoms. The van der Waals surface area contributed by atoms with Gasteiger partial charge in [-0.1, -0.05) is 20.8 Å². The van der Waals surface area contributed by atoms with Crippen LogP contribution in [0.25, 0.3) is 0 Å². The Labute approximate surface area is 84.4 Å². The van der Waals surface area contributed by atoms with E-state index in [2.05, 4.69) is 0 Å². The second kappa shape index (κ2) is 4.09. The summed E-state index contributed by atoms with van der Waals surface area (Å²) < 4.78 is 0. The van der Waals surface area contributed by atoms with Gasteiger partial charge in [0.25, 0.3) is 0 Å². The van der Waals surface area contributed by atoms with Gasteiger partial charge in [-0.25, -0.2) is 0 Å². The van der Waals surface area contributed by atoms with Gasteiger partial charge < -0.3 is 5.73 Å². The Morgan fingerprint density at radius 2 is 1.71 bits per heavy atom. The molecule has 0 aromatic rings. The van der Waals surface area contributed by atoms with Crippen LogP contribution in [0, 0.1) is 11.8 Å². The summed E-state index contributed by atoms with van der Waals surface area (Å²) in [5.74, 6) is -0.532. The summed E-state index contributed by atoms with van der Waals surface area (Å²) in [7, 11) is 0. The fourth-order valence-corrected chi connectivity index (χ4v) is 1.57. The van der Waals surface area contributed by atoms with Crippen molar-refractivity contribution in [3.63, 3.8) is 0 Å². The van der Waals surface area contributed by atoms with Gasteiger partial charge in [0.1, 0.15) is 0 Å². The van der Waals surface area contributed by atoms with E-state index in [9.17, 15) is 9.59 Å². The summed E-state index contributed by atoms with van der Waals surface area (Å²) in [4.78, 5) is 24.6. The van der Waals surface area contributed by atoms with Crippen LogP contribution in [0.4, 0.5) is 0 Å². The Morgan fingerprint density at radius 1 is 1.29 bits per heavy atom. The van der Waals surface area contributed by atoms with Crippen LogP contribution in [-0.4, -0.2) is 29.3 Å². The number of hydrogen-bond acceptors (Lipinski definition) is 3. The van der Waals surface area contributed by atoms with Crippen LogP contribution in [-0.2, 0) is 9.59 Å². The van der Waals surface area contributed by atoms with E-state index < -0.39 is 0 Å². The molecule has 1 rings (SSSR count). The zero-order valence-electron chi connectivity index (χ0n) is 8.99. The van der Waals surface area contributed by atoms with Crippen molar-refractivity contribution in [2.75, 3.05) is 6.54 Å². The molecule has 1 heterocycles. The largest absolute Gasteiger partial charge is 0.326 e. The number of hydrogen-bond donors (Lipinski definition) is 1. The summed E-state index contributed by atoms with van der Waals surface area (Å²) in [6.07, 6.45) is 0.778. The molecule has 2 N–H and O–H groups in total. The predicted octanol–water partition coefficient (Wildman–Crippen LogP) is 0.365. The summed E-state index contributed by atoms with van der Waals surface area (Å²) in [6.45, 7) is 5.90. The molecule has 4 nitrogen and oxygen atoms in total. The molecule has 0 bridgehead atoms. The highest BCUT2D eigenvalue weighted by Gasteiger charge is 2.42. The van der Waals surface area contributed by atoms with Gasteiger partial charge in [-0.3, -0.25) is 14.5 Å². The molecule has 0 spiro atoms. The minimum atomic E-state index is -0.188. The van der Waals surface area contributed by atoms with Crippen LogP contribution in [0.15, 0.2) is 0 Å². The molecule has 0 radical (unpaired) electrons. The molecule has 0 aromatic heterocycles.